The van der Waals surface area contributed by atoms with E-state index in [0.717, 1.165) is 20.2 Å². The van der Waals surface area contributed by atoms with Crippen molar-refractivity contribution in [2.45, 2.75) is 20.0 Å². The zero-order valence-electron chi connectivity index (χ0n) is 9.30. The first-order chi connectivity index (χ1) is 7.45. The van der Waals surface area contributed by atoms with Crippen LogP contribution in [0.1, 0.15) is 12.5 Å². The van der Waals surface area contributed by atoms with E-state index in [1.165, 1.54) is 7.11 Å². The fourth-order valence-corrected chi connectivity index (χ4v) is 2.76. The van der Waals surface area contributed by atoms with Crippen LogP contribution >= 0.6 is 31.9 Å². The van der Waals surface area contributed by atoms with Crippen LogP contribution in [0.4, 0.5) is 5.69 Å². The molecule has 0 fully saturated rings. The van der Waals surface area contributed by atoms with Crippen LogP contribution in [-0.4, -0.2) is 19.1 Å². The first-order valence-corrected chi connectivity index (χ1v) is 6.33. The SMILES string of the molecule is COC(C)C(=O)Nc1c(Br)cc(C)cc1Br. The average molecular weight is 351 g/mol. The number of amides is 1. The van der Waals surface area contributed by atoms with Gasteiger partial charge in [0.1, 0.15) is 6.10 Å². The second-order valence-electron chi connectivity index (χ2n) is 3.47. The van der Waals surface area contributed by atoms with Gasteiger partial charge in [0.25, 0.3) is 5.91 Å². The van der Waals surface area contributed by atoms with Crippen molar-refractivity contribution in [1.29, 1.82) is 0 Å². The predicted octanol–water partition coefficient (Wildman–Crippen LogP) is 3.49. The van der Waals surface area contributed by atoms with Crippen LogP contribution in [0.3, 0.4) is 0 Å². The Morgan fingerprint density at radius 1 is 1.38 bits per heavy atom. The monoisotopic (exact) mass is 349 g/mol. The van der Waals surface area contributed by atoms with Crippen molar-refractivity contribution in [1.82, 2.24) is 0 Å². The van der Waals surface area contributed by atoms with Crippen LogP contribution in [0, 0.1) is 6.92 Å². The molecule has 1 aromatic carbocycles. The molecule has 1 N–H and O–H groups in total. The Balaban J connectivity index is 2.93. The maximum Gasteiger partial charge on any atom is 0.253 e. The quantitative estimate of drug-likeness (QED) is 0.906. The van der Waals surface area contributed by atoms with Crippen molar-refractivity contribution in [3.05, 3.63) is 26.6 Å². The number of benzene rings is 1. The minimum absolute atomic E-state index is 0.173. The highest BCUT2D eigenvalue weighted by molar-refractivity contribution is 9.11. The molecule has 0 saturated carbocycles. The summed E-state index contributed by atoms with van der Waals surface area (Å²) >= 11 is 6.82. The second-order valence-corrected chi connectivity index (χ2v) is 5.18. The third-order valence-corrected chi connectivity index (χ3v) is 3.41. The zero-order valence-corrected chi connectivity index (χ0v) is 12.5. The Bertz CT molecular complexity index is 384. The van der Waals surface area contributed by atoms with Gasteiger partial charge < -0.3 is 10.1 Å². The number of methoxy groups -OCH3 is 1. The molecule has 3 nitrogen and oxygen atoms in total. The van der Waals surface area contributed by atoms with Gasteiger partial charge in [-0.25, -0.2) is 0 Å². The number of hydrogen-bond acceptors (Lipinski definition) is 2. The summed E-state index contributed by atoms with van der Waals surface area (Å²) in [5.41, 5.74) is 1.83. The van der Waals surface area contributed by atoms with E-state index in [-0.39, 0.29) is 5.91 Å². The van der Waals surface area contributed by atoms with Crippen molar-refractivity contribution in [2.75, 3.05) is 12.4 Å². The van der Waals surface area contributed by atoms with Gasteiger partial charge in [-0.15, -0.1) is 0 Å². The highest BCUT2D eigenvalue weighted by Gasteiger charge is 2.15. The van der Waals surface area contributed by atoms with Gasteiger partial charge in [0.05, 0.1) is 5.69 Å². The molecular weight excluding hydrogens is 338 g/mol. The summed E-state index contributed by atoms with van der Waals surface area (Å²) in [4.78, 5) is 11.7. The van der Waals surface area contributed by atoms with E-state index in [4.69, 9.17) is 4.74 Å². The lowest BCUT2D eigenvalue weighted by molar-refractivity contribution is -0.124. The van der Waals surface area contributed by atoms with Crippen LogP contribution in [-0.2, 0) is 9.53 Å². The molecule has 0 spiro atoms. The molecule has 0 aliphatic rings. The predicted molar refractivity (Wildman–Crippen MR) is 71.7 cm³/mol. The Hall–Kier alpha value is -0.390. The summed E-state index contributed by atoms with van der Waals surface area (Å²) in [7, 11) is 1.50. The third-order valence-electron chi connectivity index (χ3n) is 2.16. The minimum atomic E-state index is -0.472. The van der Waals surface area contributed by atoms with Crippen molar-refractivity contribution >= 4 is 43.5 Å². The molecule has 0 saturated heterocycles. The first kappa shape index (κ1) is 13.7. The van der Waals surface area contributed by atoms with Gasteiger partial charge in [-0.3, -0.25) is 4.79 Å². The number of anilines is 1. The Kier molecular flexibility index (Phi) is 4.95. The highest BCUT2D eigenvalue weighted by atomic mass is 79.9. The summed E-state index contributed by atoms with van der Waals surface area (Å²) in [6.07, 6.45) is -0.472. The number of ether oxygens (including phenoxy) is 1. The molecule has 0 aromatic heterocycles. The smallest absolute Gasteiger partial charge is 0.253 e. The standard InChI is InChI=1S/C11H13Br2NO2/c1-6-4-8(12)10(9(13)5-6)14-11(15)7(2)16-3/h4-5,7H,1-3H3,(H,14,15). The van der Waals surface area contributed by atoms with E-state index in [1.807, 2.05) is 19.1 Å². The van der Waals surface area contributed by atoms with Crippen LogP contribution in [0.2, 0.25) is 0 Å². The number of aryl methyl sites for hydroxylation is 1. The van der Waals surface area contributed by atoms with E-state index in [1.54, 1.807) is 6.92 Å². The fourth-order valence-electron chi connectivity index (χ4n) is 1.15. The first-order valence-electron chi connectivity index (χ1n) is 4.75. The summed E-state index contributed by atoms with van der Waals surface area (Å²) in [5, 5.41) is 2.80. The number of hydrogen-bond donors (Lipinski definition) is 1. The normalized spacial score (nSPS) is 12.3. The van der Waals surface area contributed by atoms with E-state index in [0.29, 0.717) is 0 Å². The number of halogens is 2. The minimum Gasteiger partial charge on any atom is -0.372 e. The van der Waals surface area contributed by atoms with E-state index >= 15 is 0 Å². The molecule has 1 amide bonds. The van der Waals surface area contributed by atoms with Gasteiger partial charge in [-0.1, -0.05) is 0 Å². The molecule has 0 bridgehead atoms. The lowest BCUT2D eigenvalue weighted by Crippen LogP contribution is -2.26. The van der Waals surface area contributed by atoms with E-state index < -0.39 is 6.10 Å². The maximum atomic E-state index is 11.7. The van der Waals surface area contributed by atoms with Crippen molar-refractivity contribution < 1.29 is 9.53 Å². The summed E-state index contributed by atoms with van der Waals surface area (Å²) in [6, 6.07) is 3.88. The van der Waals surface area contributed by atoms with Gasteiger partial charge in [-0.05, 0) is 63.4 Å². The average Bonchev–Trinajstić information content (AvgIpc) is 2.21. The van der Waals surface area contributed by atoms with Crippen molar-refractivity contribution in [3.63, 3.8) is 0 Å². The van der Waals surface area contributed by atoms with Gasteiger partial charge >= 0.3 is 0 Å². The van der Waals surface area contributed by atoms with Crippen molar-refractivity contribution in [2.24, 2.45) is 0 Å². The lowest BCUT2D eigenvalue weighted by Gasteiger charge is -2.13. The molecule has 0 radical (unpaired) electrons. The Morgan fingerprint density at radius 2 is 1.88 bits per heavy atom. The molecular formula is C11H13Br2NO2. The molecule has 88 valence electrons. The molecule has 1 aromatic rings. The second kappa shape index (κ2) is 5.80. The lowest BCUT2D eigenvalue weighted by atomic mass is 10.2. The van der Waals surface area contributed by atoms with Gasteiger partial charge in [0.2, 0.25) is 0 Å². The highest BCUT2D eigenvalue weighted by Crippen LogP contribution is 2.32. The molecule has 1 unspecified atom stereocenters. The molecule has 1 atom stereocenters. The summed E-state index contributed by atoms with van der Waals surface area (Å²) < 4.78 is 6.63. The molecule has 0 aliphatic heterocycles. The van der Waals surface area contributed by atoms with Gasteiger partial charge in [0, 0.05) is 16.1 Å². The molecule has 0 aliphatic carbocycles. The maximum absolute atomic E-state index is 11.7. The number of carbonyl (C=O) groups excluding carboxylic acids is 1. The summed E-state index contributed by atoms with van der Waals surface area (Å²) in [5.74, 6) is -0.173. The van der Waals surface area contributed by atoms with E-state index in [2.05, 4.69) is 37.2 Å². The van der Waals surface area contributed by atoms with Crippen LogP contribution in [0.15, 0.2) is 21.1 Å². The fraction of sp³-hybridized carbons (Fsp3) is 0.364. The topological polar surface area (TPSA) is 38.3 Å². The Morgan fingerprint density at radius 3 is 2.31 bits per heavy atom. The molecule has 5 heteroatoms. The van der Waals surface area contributed by atoms with Crippen molar-refractivity contribution in [3.8, 4) is 0 Å². The largest absolute Gasteiger partial charge is 0.372 e. The summed E-state index contributed by atoms with van der Waals surface area (Å²) in [6.45, 7) is 3.68. The van der Waals surface area contributed by atoms with Crippen LogP contribution in [0.5, 0.6) is 0 Å². The molecule has 16 heavy (non-hydrogen) atoms. The zero-order chi connectivity index (χ0) is 12.3. The van der Waals surface area contributed by atoms with Gasteiger partial charge in [-0.2, -0.15) is 0 Å². The van der Waals surface area contributed by atoms with Crippen LogP contribution < -0.4 is 5.32 Å². The number of nitrogens with one attached hydrogen (secondary N) is 1. The van der Waals surface area contributed by atoms with Crippen LogP contribution in [0.25, 0.3) is 0 Å². The van der Waals surface area contributed by atoms with Gasteiger partial charge in [0.15, 0.2) is 0 Å². The van der Waals surface area contributed by atoms with E-state index in [9.17, 15) is 4.79 Å². The number of rotatable bonds is 3. The molecule has 0 heterocycles. The Labute approximate surface area is 112 Å². The number of carbonyl (C=O) groups is 1. The molecule has 1 rings (SSSR count). The third kappa shape index (κ3) is 3.30.